The van der Waals surface area contributed by atoms with E-state index in [1.165, 1.54) is 112 Å². The molecule has 0 fully saturated rings. The molecule has 0 atom stereocenters. The van der Waals surface area contributed by atoms with E-state index < -0.39 is 0 Å². The first-order chi connectivity index (χ1) is 16.5. The minimum atomic E-state index is 0.0345. The molecular formula is C33H46O. The van der Waals surface area contributed by atoms with Gasteiger partial charge in [0.15, 0.2) is 5.78 Å². The molecule has 34 heavy (non-hydrogen) atoms. The average Bonchev–Trinajstić information content (AvgIpc) is 3.12. The van der Waals surface area contributed by atoms with E-state index >= 15 is 0 Å². The van der Waals surface area contributed by atoms with Crippen LogP contribution >= 0.6 is 0 Å². The number of rotatable bonds is 16. The van der Waals surface area contributed by atoms with Crippen molar-refractivity contribution in [2.75, 3.05) is 0 Å². The number of benzene rings is 2. The summed E-state index contributed by atoms with van der Waals surface area (Å²) in [5.74, 6) is 0.0757. The first-order valence-corrected chi connectivity index (χ1v) is 14.0. The number of hydrogen-bond acceptors (Lipinski definition) is 1. The highest BCUT2D eigenvalue weighted by atomic mass is 16.1. The lowest BCUT2D eigenvalue weighted by Crippen LogP contribution is -2.26. The third kappa shape index (κ3) is 6.09. The minimum absolute atomic E-state index is 0.0345. The van der Waals surface area contributed by atoms with Gasteiger partial charge >= 0.3 is 0 Å². The summed E-state index contributed by atoms with van der Waals surface area (Å²) in [5.41, 5.74) is 7.05. The molecule has 2 aromatic rings. The molecule has 0 heterocycles. The van der Waals surface area contributed by atoms with Gasteiger partial charge < -0.3 is 0 Å². The lowest BCUT2D eigenvalue weighted by Gasteiger charge is -2.33. The van der Waals surface area contributed by atoms with Crippen molar-refractivity contribution < 1.29 is 4.79 Å². The van der Waals surface area contributed by atoms with E-state index in [9.17, 15) is 4.79 Å². The van der Waals surface area contributed by atoms with E-state index in [1.54, 1.807) is 0 Å². The van der Waals surface area contributed by atoms with Gasteiger partial charge in [-0.3, -0.25) is 4.79 Å². The van der Waals surface area contributed by atoms with Crippen LogP contribution in [0, 0.1) is 0 Å². The normalized spacial score (nSPS) is 13.5. The Morgan fingerprint density at radius 3 is 1.82 bits per heavy atom. The average molecular weight is 459 g/mol. The largest absolute Gasteiger partial charge is 0.289 e. The van der Waals surface area contributed by atoms with Crippen molar-refractivity contribution in [1.82, 2.24) is 0 Å². The van der Waals surface area contributed by atoms with Crippen LogP contribution in [0.4, 0.5) is 0 Å². The van der Waals surface area contributed by atoms with E-state index in [0.717, 1.165) is 5.56 Å². The predicted octanol–water partition coefficient (Wildman–Crippen LogP) is 10.2. The molecule has 0 saturated heterocycles. The second kappa shape index (κ2) is 13.1. The van der Waals surface area contributed by atoms with Crippen LogP contribution in [0.25, 0.3) is 11.1 Å². The lowest BCUT2D eigenvalue weighted by molar-refractivity contribution is 0.103. The van der Waals surface area contributed by atoms with Crippen molar-refractivity contribution in [3.05, 3.63) is 71.3 Å². The van der Waals surface area contributed by atoms with Crippen molar-refractivity contribution >= 4 is 5.78 Å². The highest BCUT2D eigenvalue weighted by Crippen LogP contribution is 2.54. The number of allylic oxidation sites excluding steroid dienone is 1. The van der Waals surface area contributed by atoms with E-state index in [4.69, 9.17) is 0 Å². The van der Waals surface area contributed by atoms with Crippen LogP contribution in [-0.2, 0) is 5.41 Å². The van der Waals surface area contributed by atoms with Crippen molar-refractivity contribution in [1.29, 1.82) is 0 Å². The van der Waals surface area contributed by atoms with Gasteiger partial charge in [-0.15, -0.1) is 0 Å². The van der Waals surface area contributed by atoms with Crippen LogP contribution in [-0.4, -0.2) is 5.78 Å². The fraction of sp³-hybridized carbons (Fsp3) is 0.545. The Kier molecular flexibility index (Phi) is 10.2. The third-order valence-electron chi connectivity index (χ3n) is 7.83. The van der Waals surface area contributed by atoms with Crippen molar-refractivity contribution in [2.45, 2.75) is 116 Å². The van der Waals surface area contributed by atoms with Crippen LogP contribution in [0.5, 0.6) is 0 Å². The molecule has 184 valence electrons. The summed E-state index contributed by atoms with van der Waals surface area (Å²) in [7, 11) is 0. The molecule has 1 nitrogen and oxygen atoms in total. The molecule has 0 saturated carbocycles. The van der Waals surface area contributed by atoms with Crippen LogP contribution < -0.4 is 0 Å². The van der Waals surface area contributed by atoms with Crippen LogP contribution in [0.1, 0.15) is 132 Å². The molecule has 1 aliphatic rings. The Bertz CT molecular complexity index is 935. The van der Waals surface area contributed by atoms with Gasteiger partial charge in [-0.2, -0.15) is 0 Å². The van der Waals surface area contributed by atoms with E-state index in [2.05, 4.69) is 56.8 Å². The zero-order valence-corrected chi connectivity index (χ0v) is 22.1. The van der Waals surface area contributed by atoms with Crippen LogP contribution in [0.3, 0.4) is 0 Å². The van der Waals surface area contributed by atoms with Crippen molar-refractivity contribution in [3.63, 3.8) is 0 Å². The summed E-state index contributed by atoms with van der Waals surface area (Å²) in [4.78, 5) is 12.9. The summed E-state index contributed by atoms with van der Waals surface area (Å²) in [5, 5.41) is 0. The molecule has 0 N–H and O–H groups in total. The Labute approximate surface area is 209 Å². The van der Waals surface area contributed by atoms with E-state index in [1.807, 2.05) is 13.0 Å². The molecule has 0 aliphatic heterocycles. The van der Waals surface area contributed by atoms with Gasteiger partial charge in [0.1, 0.15) is 0 Å². The topological polar surface area (TPSA) is 17.1 Å². The minimum Gasteiger partial charge on any atom is -0.289 e. The molecule has 0 bridgehead atoms. The Balaban J connectivity index is 1.92. The molecule has 0 radical (unpaired) electrons. The zero-order valence-electron chi connectivity index (χ0n) is 22.1. The first-order valence-electron chi connectivity index (χ1n) is 14.0. The molecule has 1 aliphatic carbocycles. The van der Waals surface area contributed by atoms with Gasteiger partial charge in [-0.05, 0) is 53.7 Å². The third-order valence-corrected chi connectivity index (χ3v) is 7.83. The van der Waals surface area contributed by atoms with Gasteiger partial charge in [-0.25, -0.2) is 0 Å². The molecule has 1 heteroatoms. The smallest absolute Gasteiger partial charge is 0.188 e. The van der Waals surface area contributed by atoms with Gasteiger partial charge in [0.05, 0.1) is 0 Å². The maximum atomic E-state index is 12.9. The lowest BCUT2D eigenvalue weighted by atomic mass is 9.70. The predicted molar refractivity (Wildman–Crippen MR) is 148 cm³/mol. The number of hydrogen-bond donors (Lipinski definition) is 0. The summed E-state index contributed by atoms with van der Waals surface area (Å²) in [6.07, 6.45) is 18.2. The van der Waals surface area contributed by atoms with Gasteiger partial charge in [0.2, 0.25) is 0 Å². The van der Waals surface area contributed by atoms with Crippen molar-refractivity contribution in [3.8, 4) is 11.1 Å². The number of carbonyl (C=O) groups is 1. The second-order valence-electron chi connectivity index (χ2n) is 10.5. The fourth-order valence-corrected chi connectivity index (χ4v) is 5.92. The van der Waals surface area contributed by atoms with Crippen LogP contribution in [0.15, 0.2) is 54.6 Å². The quantitative estimate of drug-likeness (QED) is 0.139. The fourth-order valence-electron chi connectivity index (χ4n) is 5.92. The standard InChI is InChI=1S/C33H46O/c1-5-7-9-11-13-17-23-33(24-18-14-12-10-8-6-2)30-20-16-15-19-28(30)29-22-21-27(25-31(29)33)32(34)26(3)4/h15-16,19-22,25H,3,5-14,17-18,23-24H2,1-2,4H3. The zero-order chi connectivity index (χ0) is 24.4. The van der Waals surface area contributed by atoms with Gasteiger partial charge in [0, 0.05) is 11.0 Å². The summed E-state index contributed by atoms with van der Waals surface area (Å²) in [6.45, 7) is 10.3. The first kappa shape index (κ1) is 26.5. The molecular weight excluding hydrogens is 412 g/mol. The van der Waals surface area contributed by atoms with Crippen molar-refractivity contribution in [2.24, 2.45) is 0 Å². The number of unbranched alkanes of at least 4 members (excludes halogenated alkanes) is 10. The van der Waals surface area contributed by atoms with Gasteiger partial charge in [0.25, 0.3) is 0 Å². The number of ketones is 1. The van der Waals surface area contributed by atoms with Gasteiger partial charge in [-0.1, -0.05) is 134 Å². The SMILES string of the molecule is C=C(C)C(=O)c1ccc2c(c1)C(CCCCCCCC)(CCCCCCCC)c1ccccc1-2. The van der Waals surface area contributed by atoms with E-state index in [-0.39, 0.29) is 11.2 Å². The number of Topliss-reactive ketones (excluding diaryl/α,β-unsaturated/α-hetero) is 1. The molecule has 0 unspecified atom stereocenters. The Morgan fingerprint density at radius 2 is 1.24 bits per heavy atom. The molecule has 0 spiro atoms. The highest BCUT2D eigenvalue weighted by molar-refractivity contribution is 6.08. The summed E-state index contributed by atoms with van der Waals surface area (Å²) >= 11 is 0. The molecule has 2 aromatic carbocycles. The molecule has 0 amide bonds. The summed E-state index contributed by atoms with van der Waals surface area (Å²) < 4.78 is 0. The molecule has 0 aromatic heterocycles. The Hall–Kier alpha value is -2.15. The van der Waals surface area contributed by atoms with Crippen LogP contribution in [0.2, 0.25) is 0 Å². The molecule has 3 rings (SSSR count). The van der Waals surface area contributed by atoms with E-state index in [0.29, 0.717) is 5.57 Å². The highest BCUT2D eigenvalue weighted by Gasteiger charge is 2.42. The summed E-state index contributed by atoms with van der Waals surface area (Å²) in [6, 6.07) is 15.5. The number of carbonyl (C=O) groups excluding carboxylic acids is 1. The maximum absolute atomic E-state index is 12.9. The second-order valence-corrected chi connectivity index (χ2v) is 10.5. The maximum Gasteiger partial charge on any atom is 0.188 e. The monoisotopic (exact) mass is 458 g/mol. The number of fused-ring (bicyclic) bond motifs is 3. The Morgan fingerprint density at radius 1 is 0.706 bits per heavy atom.